The normalized spacial score (nSPS) is 16.5. The number of carbonyl (C=O) groups is 2. The number of aromatic carboxylic acids is 1. The molecule has 0 spiro atoms. The van der Waals surface area contributed by atoms with Crippen LogP contribution in [0.2, 0.25) is 0 Å². The molecule has 0 heterocycles. The van der Waals surface area contributed by atoms with Crippen molar-refractivity contribution < 1.29 is 27.9 Å². The fraction of sp³-hybridized carbons (Fsp3) is 0.467. The van der Waals surface area contributed by atoms with Crippen molar-refractivity contribution in [1.29, 1.82) is 0 Å². The second-order valence-corrected chi connectivity index (χ2v) is 5.49. The highest BCUT2D eigenvalue weighted by Crippen LogP contribution is 2.35. The van der Waals surface area contributed by atoms with Crippen LogP contribution in [-0.4, -0.2) is 16.9 Å². The van der Waals surface area contributed by atoms with Crippen LogP contribution in [0.15, 0.2) is 12.1 Å². The number of hydrogen-bond donors (Lipinski definition) is 2. The molecular weight excluding hydrogens is 299 g/mol. The molecule has 0 saturated heterocycles. The first-order chi connectivity index (χ1) is 10.2. The van der Waals surface area contributed by atoms with Crippen molar-refractivity contribution >= 4 is 17.4 Å². The maximum absolute atomic E-state index is 12.8. The maximum atomic E-state index is 12.8. The summed E-state index contributed by atoms with van der Waals surface area (Å²) in [6.07, 6.45) is -0.807. The first kappa shape index (κ1) is 16.3. The van der Waals surface area contributed by atoms with Crippen LogP contribution in [0, 0.1) is 5.92 Å². The van der Waals surface area contributed by atoms with Gasteiger partial charge in [-0.2, -0.15) is 13.2 Å². The zero-order chi connectivity index (χ0) is 16.5. The number of alkyl halides is 3. The molecule has 1 aromatic rings. The summed E-state index contributed by atoms with van der Waals surface area (Å²) >= 11 is 0. The lowest BCUT2D eigenvalue weighted by Crippen LogP contribution is -2.23. The Morgan fingerprint density at radius 3 is 2.23 bits per heavy atom. The predicted octanol–water partition coefficient (Wildman–Crippen LogP) is 3.75. The summed E-state index contributed by atoms with van der Waals surface area (Å²) in [5.41, 5.74) is 3.01. The minimum atomic E-state index is -4.72. The number of carboxylic acid groups (broad SMARTS) is 1. The van der Waals surface area contributed by atoms with E-state index in [1.165, 1.54) is 0 Å². The highest BCUT2D eigenvalue weighted by atomic mass is 19.4. The molecule has 0 atom stereocenters. The van der Waals surface area contributed by atoms with Gasteiger partial charge in [0.05, 0.1) is 16.7 Å². The van der Waals surface area contributed by atoms with Gasteiger partial charge in [-0.25, -0.2) is 4.79 Å². The number of anilines is 1. The topological polar surface area (TPSA) is 80.4 Å². The van der Waals surface area contributed by atoms with Gasteiger partial charge < -0.3 is 10.8 Å². The third-order valence-corrected chi connectivity index (χ3v) is 3.95. The van der Waals surface area contributed by atoms with Crippen LogP contribution in [0.5, 0.6) is 0 Å². The monoisotopic (exact) mass is 315 g/mol. The summed E-state index contributed by atoms with van der Waals surface area (Å²) in [7, 11) is 0. The van der Waals surface area contributed by atoms with Crippen molar-refractivity contribution in [1.82, 2.24) is 0 Å². The Morgan fingerprint density at radius 2 is 1.73 bits per heavy atom. The molecule has 7 heteroatoms. The number of nitrogens with two attached hydrogens (primary N) is 1. The van der Waals surface area contributed by atoms with Crippen LogP contribution in [0.3, 0.4) is 0 Å². The second-order valence-electron chi connectivity index (χ2n) is 5.49. The average molecular weight is 315 g/mol. The van der Waals surface area contributed by atoms with Gasteiger partial charge in [-0.05, 0) is 25.0 Å². The van der Waals surface area contributed by atoms with E-state index >= 15 is 0 Å². The molecule has 4 nitrogen and oxygen atoms in total. The Balaban J connectivity index is 2.50. The Bertz CT molecular complexity index is 605. The molecule has 22 heavy (non-hydrogen) atoms. The Hall–Kier alpha value is -2.05. The molecule has 1 aliphatic carbocycles. The minimum absolute atomic E-state index is 0.299. The van der Waals surface area contributed by atoms with Gasteiger partial charge in [0.15, 0.2) is 5.78 Å². The summed E-state index contributed by atoms with van der Waals surface area (Å²) in [6, 6.07) is 1.11. The molecule has 2 rings (SSSR count). The fourth-order valence-corrected chi connectivity index (χ4v) is 2.84. The lowest BCUT2D eigenvalue weighted by atomic mass is 9.82. The van der Waals surface area contributed by atoms with Gasteiger partial charge in [-0.3, -0.25) is 4.79 Å². The van der Waals surface area contributed by atoms with Gasteiger partial charge in [0, 0.05) is 11.6 Å². The number of carboxylic acids is 1. The van der Waals surface area contributed by atoms with Gasteiger partial charge in [0.25, 0.3) is 0 Å². The van der Waals surface area contributed by atoms with Crippen LogP contribution in [0.4, 0.5) is 18.9 Å². The van der Waals surface area contributed by atoms with E-state index in [-0.39, 0.29) is 11.5 Å². The number of nitrogen functional groups attached to an aromatic ring is 1. The second kappa shape index (κ2) is 5.98. The van der Waals surface area contributed by atoms with E-state index in [9.17, 15) is 22.8 Å². The molecule has 1 aromatic carbocycles. The number of hydrogen-bond acceptors (Lipinski definition) is 3. The van der Waals surface area contributed by atoms with Crippen molar-refractivity contribution in [2.24, 2.45) is 5.92 Å². The number of ketones is 1. The molecule has 0 unspecified atom stereocenters. The lowest BCUT2D eigenvalue weighted by molar-refractivity contribution is -0.137. The van der Waals surface area contributed by atoms with E-state index in [1.807, 2.05) is 0 Å². The molecule has 0 aromatic heterocycles. The smallest absolute Gasteiger partial charge is 0.416 e. The van der Waals surface area contributed by atoms with E-state index in [2.05, 4.69) is 0 Å². The van der Waals surface area contributed by atoms with E-state index in [1.54, 1.807) is 0 Å². The third-order valence-electron chi connectivity index (χ3n) is 3.95. The van der Waals surface area contributed by atoms with E-state index in [0.717, 1.165) is 19.3 Å². The minimum Gasteiger partial charge on any atom is -0.478 e. The predicted molar refractivity (Wildman–Crippen MR) is 73.7 cm³/mol. The van der Waals surface area contributed by atoms with Crippen molar-refractivity contribution in [3.63, 3.8) is 0 Å². The summed E-state index contributed by atoms with van der Waals surface area (Å²) in [5.74, 6) is -2.42. The van der Waals surface area contributed by atoms with Crippen LogP contribution in [0.25, 0.3) is 0 Å². The third kappa shape index (κ3) is 3.23. The first-order valence-corrected chi connectivity index (χ1v) is 7.00. The first-order valence-electron chi connectivity index (χ1n) is 7.00. The molecule has 120 valence electrons. The summed E-state index contributed by atoms with van der Waals surface area (Å²) in [4.78, 5) is 23.7. The highest BCUT2D eigenvalue weighted by Gasteiger charge is 2.35. The molecule has 1 saturated carbocycles. The lowest BCUT2D eigenvalue weighted by Gasteiger charge is -2.22. The van der Waals surface area contributed by atoms with Gasteiger partial charge >= 0.3 is 12.1 Å². The van der Waals surface area contributed by atoms with E-state index in [4.69, 9.17) is 10.8 Å². The highest BCUT2D eigenvalue weighted by molar-refractivity contribution is 6.10. The summed E-state index contributed by atoms with van der Waals surface area (Å²) < 4.78 is 38.3. The van der Waals surface area contributed by atoms with Crippen LogP contribution < -0.4 is 5.73 Å². The Morgan fingerprint density at radius 1 is 1.14 bits per heavy atom. The number of rotatable bonds is 3. The molecule has 1 fully saturated rings. The zero-order valence-corrected chi connectivity index (χ0v) is 11.7. The van der Waals surface area contributed by atoms with Gasteiger partial charge in [0.1, 0.15) is 0 Å². The molecular formula is C15H16F3NO3. The average Bonchev–Trinajstić information content (AvgIpc) is 2.45. The van der Waals surface area contributed by atoms with E-state index in [0.29, 0.717) is 25.0 Å². The van der Waals surface area contributed by atoms with Crippen molar-refractivity contribution in [2.45, 2.75) is 38.3 Å². The van der Waals surface area contributed by atoms with Gasteiger partial charge in [-0.1, -0.05) is 19.3 Å². The van der Waals surface area contributed by atoms with Crippen LogP contribution >= 0.6 is 0 Å². The Kier molecular flexibility index (Phi) is 4.44. The molecule has 0 bridgehead atoms. The summed E-state index contributed by atoms with van der Waals surface area (Å²) in [6.45, 7) is 0. The van der Waals surface area contributed by atoms with E-state index < -0.39 is 34.7 Å². The molecule has 3 N–H and O–H groups in total. The van der Waals surface area contributed by atoms with Gasteiger partial charge in [-0.15, -0.1) is 0 Å². The molecule has 0 amide bonds. The number of halogens is 3. The van der Waals surface area contributed by atoms with Crippen molar-refractivity contribution in [2.75, 3.05) is 5.73 Å². The van der Waals surface area contributed by atoms with Crippen molar-refractivity contribution in [3.05, 3.63) is 28.8 Å². The zero-order valence-electron chi connectivity index (χ0n) is 11.7. The molecule has 0 aliphatic heterocycles. The number of Topliss-reactive ketones (excluding diaryl/α,β-unsaturated/α-hetero) is 1. The summed E-state index contributed by atoms with van der Waals surface area (Å²) in [5, 5.41) is 9.15. The SMILES string of the molecule is Nc1cc(C(F)(F)F)cc(C(=O)O)c1C(=O)C1CCCCC1. The quantitative estimate of drug-likeness (QED) is 0.657. The molecule has 0 radical (unpaired) electrons. The maximum Gasteiger partial charge on any atom is 0.416 e. The number of carbonyl (C=O) groups excluding carboxylic acids is 1. The molecule has 1 aliphatic rings. The van der Waals surface area contributed by atoms with Gasteiger partial charge in [0.2, 0.25) is 0 Å². The largest absolute Gasteiger partial charge is 0.478 e. The van der Waals surface area contributed by atoms with Crippen LogP contribution in [-0.2, 0) is 6.18 Å². The Labute approximate surface area is 125 Å². The number of benzene rings is 1. The van der Waals surface area contributed by atoms with Crippen molar-refractivity contribution in [3.8, 4) is 0 Å². The standard InChI is InChI=1S/C15H16F3NO3/c16-15(17,18)9-6-10(14(21)22)12(11(19)7-9)13(20)8-4-2-1-3-5-8/h6-8H,1-5,19H2,(H,21,22). The fourth-order valence-electron chi connectivity index (χ4n) is 2.84. The van der Waals surface area contributed by atoms with Crippen LogP contribution in [0.1, 0.15) is 58.4 Å².